The van der Waals surface area contributed by atoms with Gasteiger partial charge in [-0.15, -0.1) is 11.6 Å². The number of hydrogen-bond acceptors (Lipinski definition) is 5. The second kappa shape index (κ2) is 4.94. The Morgan fingerprint density at radius 2 is 2.46 bits per heavy atom. The van der Waals surface area contributed by atoms with E-state index in [4.69, 9.17) is 16.3 Å². The number of ketones is 1. The lowest BCUT2D eigenvalue weighted by Crippen LogP contribution is -2.10. The molecule has 0 radical (unpaired) electrons. The summed E-state index contributed by atoms with van der Waals surface area (Å²) in [5.74, 6) is 0.0575. The molecule has 0 spiro atoms. The van der Waals surface area contributed by atoms with Crippen LogP contribution in [0, 0.1) is 0 Å². The van der Waals surface area contributed by atoms with Crippen molar-refractivity contribution in [3.63, 3.8) is 0 Å². The second-order valence-electron chi connectivity index (χ2n) is 2.21. The van der Waals surface area contributed by atoms with Crippen molar-refractivity contribution in [1.29, 1.82) is 0 Å². The highest BCUT2D eigenvalue weighted by atomic mass is 35.5. The lowest BCUT2D eigenvalue weighted by atomic mass is 10.4. The van der Waals surface area contributed by atoms with Crippen LogP contribution in [0.2, 0.25) is 0 Å². The Labute approximate surface area is 80.0 Å². The maximum atomic E-state index is 11.2. The monoisotopic (exact) mass is 204 g/mol. The van der Waals surface area contributed by atoms with Gasteiger partial charge in [-0.2, -0.15) is 4.98 Å². The molecule has 0 atom stereocenters. The van der Waals surface area contributed by atoms with Crippen molar-refractivity contribution in [2.45, 2.75) is 12.8 Å². The fourth-order valence-corrected chi connectivity index (χ4v) is 0.790. The van der Waals surface area contributed by atoms with Crippen LogP contribution < -0.4 is 0 Å². The number of aromatic nitrogens is 2. The van der Waals surface area contributed by atoms with Gasteiger partial charge in [0.2, 0.25) is 17.5 Å². The molecule has 0 aliphatic rings. The molecule has 0 aromatic carbocycles. The summed E-state index contributed by atoms with van der Waals surface area (Å²) in [6.07, 6.45) is 0. The van der Waals surface area contributed by atoms with Crippen LogP contribution in [0.15, 0.2) is 4.52 Å². The molecule has 0 fully saturated rings. The summed E-state index contributed by atoms with van der Waals surface area (Å²) in [7, 11) is 0. The highest BCUT2D eigenvalue weighted by molar-refractivity contribution is 6.16. The van der Waals surface area contributed by atoms with Crippen LogP contribution in [0.1, 0.15) is 23.4 Å². The van der Waals surface area contributed by atoms with Gasteiger partial charge in [-0.3, -0.25) is 4.79 Å². The minimum Gasteiger partial charge on any atom is -0.373 e. The van der Waals surface area contributed by atoms with Crippen molar-refractivity contribution >= 4 is 17.4 Å². The van der Waals surface area contributed by atoms with Gasteiger partial charge in [0.05, 0.1) is 0 Å². The third kappa shape index (κ3) is 2.78. The number of hydrogen-bond donors (Lipinski definition) is 0. The van der Waals surface area contributed by atoms with E-state index in [1.54, 1.807) is 6.92 Å². The van der Waals surface area contributed by atoms with Gasteiger partial charge >= 0.3 is 0 Å². The van der Waals surface area contributed by atoms with Crippen LogP contribution in [0.4, 0.5) is 0 Å². The number of carbonyl (C=O) groups is 1. The normalized spacial score (nSPS) is 10.3. The fraction of sp³-hybridized carbons (Fsp3) is 0.571. The van der Waals surface area contributed by atoms with E-state index >= 15 is 0 Å². The predicted octanol–water partition coefficient (Wildman–Crippen LogP) is 1.03. The Kier molecular flexibility index (Phi) is 3.85. The Morgan fingerprint density at radius 1 is 1.69 bits per heavy atom. The van der Waals surface area contributed by atoms with Crippen molar-refractivity contribution < 1.29 is 14.1 Å². The summed E-state index contributed by atoms with van der Waals surface area (Å²) < 4.78 is 9.53. The average molecular weight is 205 g/mol. The Morgan fingerprint density at radius 3 is 3.00 bits per heavy atom. The van der Waals surface area contributed by atoms with Crippen LogP contribution in [0.25, 0.3) is 0 Å². The number of rotatable bonds is 5. The van der Waals surface area contributed by atoms with Crippen LogP contribution in [-0.4, -0.2) is 29.1 Å². The van der Waals surface area contributed by atoms with E-state index in [2.05, 4.69) is 14.7 Å². The van der Waals surface area contributed by atoms with E-state index in [0.29, 0.717) is 6.61 Å². The number of carbonyl (C=O) groups excluding carboxylic acids is 1. The molecule has 0 saturated heterocycles. The first-order valence-electron chi connectivity index (χ1n) is 3.77. The zero-order valence-electron chi connectivity index (χ0n) is 7.12. The quantitative estimate of drug-likeness (QED) is 0.529. The zero-order valence-corrected chi connectivity index (χ0v) is 7.87. The first kappa shape index (κ1) is 10.1. The van der Waals surface area contributed by atoms with E-state index in [0.717, 1.165) is 0 Å². The van der Waals surface area contributed by atoms with Crippen LogP contribution in [-0.2, 0) is 10.6 Å². The second-order valence-corrected chi connectivity index (χ2v) is 2.47. The molecule has 0 unspecified atom stereocenters. The standard InChI is InChI=1S/C7H9ClN2O3/c1-2-12-4-5(11)7-9-6(3-8)13-10-7/h2-4H2,1H3. The SMILES string of the molecule is CCOCC(=O)c1noc(CCl)n1. The summed E-state index contributed by atoms with van der Waals surface area (Å²) in [6, 6.07) is 0. The number of Topliss-reactive ketones (excluding diaryl/α,β-unsaturated/α-hetero) is 1. The lowest BCUT2D eigenvalue weighted by molar-refractivity contribution is 0.0770. The molecule has 1 aromatic heterocycles. The molecule has 1 rings (SSSR count). The van der Waals surface area contributed by atoms with Gasteiger partial charge in [-0.25, -0.2) is 0 Å². The molecule has 1 aromatic rings. The maximum Gasteiger partial charge on any atom is 0.241 e. The third-order valence-electron chi connectivity index (χ3n) is 1.27. The van der Waals surface area contributed by atoms with Crippen LogP contribution >= 0.6 is 11.6 Å². The van der Waals surface area contributed by atoms with Crippen molar-refractivity contribution in [3.8, 4) is 0 Å². The van der Waals surface area contributed by atoms with E-state index in [1.807, 2.05) is 0 Å². The first-order chi connectivity index (χ1) is 6.27. The molecule has 1 heterocycles. The van der Waals surface area contributed by atoms with Gasteiger partial charge in [0.1, 0.15) is 12.5 Å². The molecular weight excluding hydrogens is 196 g/mol. The van der Waals surface area contributed by atoms with Crippen LogP contribution in [0.3, 0.4) is 0 Å². The lowest BCUT2D eigenvalue weighted by Gasteiger charge is -1.94. The number of alkyl halides is 1. The topological polar surface area (TPSA) is 65.2 Å². The number of halogens is 1. The molecule has 0 aliphatic carbocycles. The summed E-state index contributed by atoms with van der Waals surface area (Å²) in [4.78, 5) is 14.9. The summed E-state index contributed by atoms with van der Waals surface area (Å²) in [6.45, 7) is 2.25. The molecule has 5 nitrogen and oxygen atoms in total. The highest BCUT2D eigenvalue weighted by Crippen LogP contribution is 2.01. The van der Waals surface area contributed by atoms with E-state index in [1.165, 1.54) is 0 Å². The largest absolute Gasteiger partial charge is 0.373 e. The van der Waals surface area contributed by atoms with Gasteiger partial charge in [0, 0.05) is 6.61 Å². The molecule has 0 N–H and O–H groups in total. The van der Waals surface area contributed by atoms with Crippen molar-refractivity contribution in [2.24, 2.45) is 0 Å². The first-order valence-corrected chi connectivity index (χ1v) is 4.30. The molecule has 6 heteroatoms. The molecule has 0 saturated carbocycles. The van der Waals surface area contributed by atoms with Gasteiger partial charge in [0.25, 0.3) is 0 Å². The molecule has 72 valence electrons. The summed E-state index contributed by atoms with van der Waals surface area (Å²) in [5, 5.41) is 3.44. The molecule has 0 bridgehead atoms. The van der Waals surface area contributed by atoms with Crippen molar-refractivity contribution in [2.75, 3.05) is 13.2 Å². The van der Waals surface area contributed by atoms with Crippen molar-refractivity contribution in [1.82, 2.24) is 10.1 Å². The Hall–Kier alpha value is -0.940. The molecule has 0 aliphatic heterocycles. The van der Waals surface area contributed by atoms with Crippen LogP contribution in [0.5, 0.6) is 0 Å². The minimum absolute atomic E-state index is 0.0177. The third-order valence-corrected chi connectivity index (χ3v) is 1.50. The summed E-state index contributed by atoms with van der Waals surface area (Å²) >= 11 is 5.41. The zero-order chi connectivity index (χ0) is 9.68. The highest BCUT2D eigenvalue weighted by Gasteiger charge is 2.13. The fourth-order valence-electron chi connectivity index (χ4n) is 0.682. The van der Waals surface area contributed by atoms with E-state index in [9.17, 15) is 4.79 Å². The van der Waals surface area contributed by atoms with Crippen molar-refractivity contribution in [3.05, 3.63) is 11.7 Å². The van der Waals surface area contributed by atoms with Gasteiger partial charge < -0.3 is 9.26 Å². The average Bonchev–Trinajstić information content (AvgIpc) is 2.62. The van der Waals surface area contributed by atoms with Gasteiger partial charge in [0.15, 0.2) is 0 Å². The molecule has 0 amide bonds. The summed E-state index contributed by atoms with van der Waals surface area (Å²) in [5.41, 5.74) is 0. The molecular formula is C7H9ClN2O3. The molecule has 13 heavy (non-hydrogen) atoms. The number of nitrogens with zero attached hydrogens (tertiary/aromatic N) is 2. The Balaban J connectivity index is 2.55. The maximum absolute atomic E-state index is 11.2. The van der Waals surface area contributed by atoms with Gasteiger partial charge in [-0.05, 0) is 6.92 Å². The number of ether oxygens (including phenoxy) is 1. The smallest absolute Gasteiger partial charge is 0.241 e. The Bertz CT molecular complexity index is 287. The van der Waals surface area contributed by atoms with E-state index in [-0.39, 0.29) is 30.0 Å². The van der Waals surface area contributed by atoms with Gasteiger partial charge in [-0.1, -0.05) is 5.16 Å². The minimum atomic E-state index is -0.304. The van der Waals surface area contributed by atoms with E-state index < -0.39 is 0 Å². The predicted molar refractivity (Wildman–Crippen MR) is 44.7 cm³/mol.